The zero-order valence-electron chi connectivity index (χ0n) is 15.8. The van der Waals surface area contributed by atoms with Crippen LogP contribution in [0.2, 0.25) is 0 Å². The van der Waals surface area contributed by atoms with Gasteiger partial charge in [0.15, 0.2) is 0 Å². The summed E-state index contributed by atoms with van der Waals surface area (Å²) in [5.41, 5.74) is 4.89. The predicted octanol–water partition coefficient (Wildman–Crippen LogP) is 4.55. The Morgan fingerprint density at radius 2 is 2.00 bits per heavy atom. The summed E-state index contributed by atoms with van der Waals surface area (Å²) in [7, 11) is 0. The molecule has 140 valence electrons. The topological polar surface area (TPSA) is 87.6 Å². The summed E-state index contributed by atoms with van der Waals surface area (Å²) in [6.45, 7) is 6.24. The van der Waals surface area contributed by atoms with Gasteiger partial charge in [0, 0.05) is 5.56 Å². The minimum Gasteiger partial charge on any atom is -0.304 e. The van der Waals surface area contributed by atoms with Gasteiger partial charge in [0.1, 0.15) is 5.82 Å². The fourth-order valence-corrected chi connectivity index (χ4v) is 3.37. The van der Waals surface area contributed by atoms with Gasteiger partial charge in [-0.15, -0.1) is 0 Å². The van der Waals surface area contributed by atoms with Crippen LogP contribution in [0.25, 0.3) is 5.69 Å². The van der Waals surface area contributed by atoms with E-state index in [1.54, 1.807) is 12.4 Å². The number of nitrogens with one attached hydrogen (secondary N) is 3. The summed E-state index contributed by atoms with van der Waals surface area (Å²) in [4.78, 5) is 12.6. The van der Waals surface area contributed by atoms with Gasteiger partial charge in [-0.25, -0.2) is 9.48 Å². The molecule has 1 aromatic carbocycles. The number of carbonyl (C=O) groups excluding carboxylic acids is 1. The highest BCUT2D eigenvalue weighted by Crippen LogP contribution is 2.42. The van der Waals surface area contributed by atoms with Crippen molar-refractivity contribution in [1.82, 2.24) is 20.0 Å². The summed E-state index contributed by atoms with van der Waals surface area (Å²) in [6.07, 6.45) is 5.80. The number of H-pyrrole nitrogens is 1. The summed E-state index contributed by atoms with van der Waals surface area (Å²) < 4.78 is 1.90. The number of carbonyl (C=O) groups is 1. The van der Waals surface area contributed by atoms with Crippen molar-refractivity contribution in [3.05, 3.63) is 53.5 Å². The number of nitrogens with zero attached hydrogens (tertiary/aromatic N) is 3. The van der Waals surface area contributed by atoms with E-state index in [1.807, 2.05) is 22.9 Å². The molecule has 27 heavy (non-hydrogen) atoms. The molecule has 0 radical (unpaired) electrons. The summed E-state index contributed by atoms with van der Waals surface area (Å²) in [6, 6.07) is 7.79. The Labute approximate surface area is 158 Å². The average Bonchev–Trinajstić information content (AvgIpc) is 3.23. The number of aromatic nitrogens is 4. The lowest BCUT2D eigenvalue weighted by molar-refractivity contribution is 0.262. The number of rotatable bonds is 5. The largest absolute Gasteiger partial charge is 0.324 e. The summed E-state index contributed by atoms with van der Waals surface area (Å²) in [5, 5.41) is 17.3. The molecule has 1 saturated carbocycles. The van der Waals surface area contributed by atoms with Crippen LogP contribution in [-0.4, -0.2) is 26.0 Å². The first-order chi connectivity index (χ1) is 13.0. The fraction of sp³-hybridized carbons (Fsp3) is 0.350. The van der Waals surface area contributed by atoms with Crippen LogP contribution in [0, 0.1) is 6.92 Å². The predicted molar refractivity (Wildman–Crippen MR) is 106 cm³/mol. The number of anilines is 2. The quantitative estimate of drug-likeness (QED) is 0.621. The Morgan fingerprint density at radius 1 is 1.22 bits per heavy atom. The van der Waals surface area contributed by atoms with Crippen LogP contribution in [0.3, 0.4) is 0 Å². The molecular formula is C20H24N6O. The minimum atomic E-state index is -0.299. The van der Waals surface area contributed by atoms with Crippen molar-refractivity contribution in [2.45, 2.75) is 45.4 Å². The molecule has 0 bridgehead atoms. The van der Waals surface area contributed by atoms with Crippen molar-refractivity contribution >= 4 is 17.5 Å². The molecule has 2 heterocycles. The molecule has 2 amide bonds. The van der Waals surface area contributed by atoms with Crippen molar-refractivity contribution < 1.29 is 4.79 Å². The molecule has 0 atom stereocenters. The number of aromatic amines is 1. The number of benzene rings is 1. The zero-order valence-corrected chi connectivity index (χ0v) is 15.8. The zero-order chi connectivity index (χ0) is 19.0. The van der Waals surface area contributed by atoms with Crippen molar-refractivity contribution in [2.24, 2.45) is 0 Å². The first-order valence-electron chi connectivity index (χ1n) is 9.29. The first kappa shape index (κ1) is 17.3. The van der Waals surface area contributed by atoms with Crippen molar-refractivity contribution in [3.8, 4) is 5.69 Å². The molecule has 7 heteroatoms. The number of amides is 2. The van der Waals surface area contributed by atoms with Gasteiger partial charge in [-0.2, -0.15) is 10.2 Å². The molecule has 3 N–H and O–H groups in total. The second kappa shape index (κ2) is 6.90. The van der Waals surface area contributed by atoms with E-state index in [9.17, 15) is 4.79 Å². The maximum atomic E-state index is 12.6. The van der Waals surface area contributed by atoms with Gasteiger partial charge < -0.3 is 5.32 Å². The fourth-order valence-electron chi connectivity index (χ4n) is 3.37. The Balaban J connectivity index is 1.57. The van der Waals surface area contributed by atoms with Gasteiger partial charge in [0.05, 0.1) is 29.5 Å². The van der Waals surface area contributed by atoms with Crippen LogP contribution in [0.4, 0.5) is 16.3 Å². The van der Waals surface area contributed by atoms with Crippen LogP contribution in [0.1, 0.15) is 55.3 Å². The Kier molecular flexibility index (Phi) is 4.43. The Hall–Kier alpha value is -3.09. The first-order valence-corrected chi connectivity index (χ1v) is 9.29. The van der Waals surface area contributed by atoms with E-state index in [4.69, 9.17) is 0 Å². The highest BCUT2D eigenvalue weighted by Gasteiger charge is 2.28. The molecule has 7 nitrogen and oxygen atoms in total. The van der Waals surface area contributed by atoms with Gasteiger partial charge in [0.25, 0.3) is 0 Å². The van der Waals surface area contributed by atoms with E-state index in [0.717, 1.165) is 35.3 Å². The van der Waals surface area contributed by atoms with E-state index in [-0.39, 0.29) is 11.9 Å². The van der Waals surface area contributed by atoms with Crippen LogP contribution in [-0.2, 0) is 0 Å². The van der Waals surface area contributed by atoms with Crippen molar-refractivity contribution in [1.29, 1.82) is 0 Å². The standard InChI is InChI=1S/C20H24N6O/c1-12(2)18-16(11-22-26(18)17-7-5-4-6-13(17)3)23-20(27)24-19-15(10-21-25-19)14-8-9-14/h4-7,10-12,14H,8-9H2,1-3H3,(H3,21,23,24,25,27). The molecule has 0 unspecified atom stereocenters. The molecule has 1 fully saturated rings. The van der Waals surface area contributed by atoms with Crippen molar-refractivity contribution in [2.75, 3.05) is 10.6 Å². The lowest BCUT2D eigenvalue weighted by Crippen LogP contribution is -2.21. The smallest absolute Gasteiger partial charge is 0.304 e. The van der Waals surface area contributed by atoms with Crippen molar-refractivity contribution in [3.63, 3.8) is 0 Å². The molecule has 0 aliphatic heterocycles. The molecule has 3 aromatic rings. The van der Waals surface area contributed by atoms with Gasteiger partial charge in [-0.3, -0.25) is 10.4 Å². The molecule has 0 spiro atoms. The Bertz CT molecular complexity index is 967. The van der Waals surface area contributed by atoms with Gasteiger partial charge in [-0.1, -0.05) is 32.0 Å². The second-order valence-electron chi connectivity index (χ2n) is 7.35. The highest BCUT2D eigenvalue weighted by atomic mass is 16.2. The molecule has 0 saturated heterocycles. The number of urea groups is 1. The van der Waals surface area contributed by atoms with Crippen LogP contribution in [0.5, 0.6) is 0 Å². The highest BCUT2D eigenvalue weighted by molar-refractivity contribution is 6.00. The minimum absolute atomic E-state index is 0.191. The summed E-state index contributed by atoms with van der Waals surface area (Å²) >= 11 is 0. The second-order valence-corrected chi connectivity index (χ2v) is 7.35. The number of hydrogen-bond acceptors (Lipinski definition) is 3. The van der Waals surface area contributed by atoms with Crippen LogP contribution in [0.15, 0.2) is 36.7 Å². The van der Waals surface area contributed by atoms with Gasteiger partial charge in [0.2, 0.25) is 0 Å². The lowest BCUT2D eigenvalue weighted by atomic mass is 10.1. The van der Waals surface area contributed by atoms with E-state index < -0.39 is 0 Å². The number of hydrogen-bond donors (Lipinski definition) is 3. The van der Waals surface area contributed by atoms with E-state index in [1.165, 1.54) is 0 Å². The Morgan fingerprint density at radius 3 is 2.70 bits per heavy atom. The van der Waals surface area contributed by atoms with E-state index >= 15 is 0 Å². The maximum absolute atomic E-state index is 12.6. The molecule has 4 rings (SSSR count). The molecule has 2 aromatic heterocycles. The van der Waals surface area contributed by atoms with Crippen LogP contribution < -0.4 is 10.6 Å². The van der Waals surface area contributed by atoms with E-state index in [2.05, 4.69) is 52.8 Å². The molecule has 1 aliphatic rings. The molecular weight excluding hydrogens is 340 g/mol. The van der Waals surface area contributed by atoms with Gasteiger partial charge in [-0.05, 0) is 43.2 Å². The van der Waals surface area contributed by atoms with Crippen LogP contribution >= 0.6 is 0 Å². The monoisotopic (exact) mass is 364 g/mol. The number of para-hydroxylation sites is 1. The number of aryl methyl sites for hydroxylation is 1. The SMILES string of the molecule is Cc1ccccc1-n1ncc(NC(=O)Nc2[nH]ncc2C2CC2)c1C(C)C. The molecule has 1 aliphatic carbocycles. The van der Waals surface area contributed by atoms with E-state index in [0.29, 0.717) is 17.4 Å². The third-order valence-electron chi connectivity index (χ3n) is 4.87. The third kappa shape index (κ3) is 3.45. The maximum Gasteiger partial charge on any atom is 0.324 e. The average molecular weight is 364 g/mol. The summed E-state index contributed by atoms with van der Waals surface area (Å²) in [5.74, 6) is 1.37. The normalized spacial score (nSPS) is 13.8. The third-order valence-corrected chi connectivity index (χ3v) is 4.87. The van der Waals surface area contributed by atoms with Gasteiger partial charge >= 0.3 is 6.03 Å². The lowest BCUT2D eigenvalue weighted by Gasteiger charge is -2.15.